The molecule has 1 aromatic carbocycles. The second kappa shape index (κ2) is 7.54. The van der Waals surface area contributed by atoms with Gasteiger partial charge in [-0.2, -0.15) is 0 Å². The molecule has 1 unspecified atom stereocenters. The lowest BCUT2D eigenvalue weighted by Crippen LogP contribution is -2.30. The summed E-state index contributed by atoms with van der Waals surface area (Å²) in [6, 6.07) is 6.58. The van der Waals surface area contributed by atoms with Gasteiger partial charge < -0.3 is 23.9 Å². The maximum absolute atomic E-state index is 12.2. The number of methoxy groups -OCH3 is 2. The van der Waals surface area contributed by atoms with Gasteiger partial charge in [0.25, 0.3) is 5.91 Å². The summed E-state index contributed by atoms with van der Waals surface area (Å²) in [6.07, 6.45) is 0.387. The Bertz CT molecular complexity index is 714. The smallest absolute Gasteiger partial charge is 0.375 e. The van der Waals surface area contributed by atoms with Crippen LogP contribution in [0.3, 0.4) is 0 Å². The lowest BCUT2D eigenvalue weighted by atomic mass is 10.2. The SMILES string of the molecule is COc1cc(NC(=O)C(C)OC(=O)c2occc2C)cc(OC)c1. The Morgan fingerprint density at radius 1 is 1.12 bits per heavy atom. The molecule has 1 aromatic heterocycles. The summed E-state index contributed by atoms with van der Waals surface area (Å²) in [7, 11) is 3.02. The Balaban J connectivity index is 2.04. The van der Waals surface area contributed by atoms with Crippen molar-refractivity contribution in [2.75, 3.05) is 19.5 Å². The van der Waals surface area contributed by atoms with Gasteiger partial charge in [0, 0.05) is 29.4 Å². The van der Waals surface area contributed by atoms with Crippen LogP contribution in [-0.2, 0) is 9.53 Å². The number of ether oxygens (including phenoxy) is 3. The summed E-state index contributed by atoms with van der Waals surface area (Å²) in [5.74, 6) is -0.0371. The zero-order valence-electron chi connectivity index (χ0n) is 13.9. The van der Waals surface area contributed by atoms with Crippen LogP contribution >= 0.6 is 0 Å². The third-order valence-corrected chi connectivity index (χ3v) is 3.32. The van der Waals surface area contributed by atoms with E-state index in [1.807, 2.05) is 0 Å². The molecule has 2 aromatic rings. The molecule has 24 heavy (non-hydrogen) atoms. The van der Waals surface area contributed by atoms with Crippen LogP contribution in [0.1, 0.15) is 23.0 Å². The van der Waals surface area contributed by atoms with Crippen molar-refractivity contribution >= 4 is 17.6 Å². The third kappa shape index (κ3) is 4.07. The summed E-state index contributed by atoms with van der Waals surface area (Å²) >= 11 is 0. The third-order valence-electron chi connectivity index (χ3n) is 3.32. The van der Waals surface area contributed by atoms with E-state index in [9.17, 15) is 9.59 Å². The average Bonchev–Trinajstić information content (AvgIpc) is 3.00. The number of hydrogen-bond acceptors (Lipinski definition) is 6. The molecule has 0 radical (unpaired) electrons. The number of esters is 1. The van der Waals surface area contributed by atoms with Crippen molar-refractivity contribution in [1.82, 2.24) is 0 Å². The lowest BCUT2D eigenvalue weighted by Gasteiger charge is -2.14. The molecule has 0 aliphatic carbocycles. The Kier molecular flexibility index (Phi) is 5.47. The van der Waals surface area contributed by atoms with Crippen LogP contribution in [0, 0.1) is 6.92 Å². The molecule has 128 valence electrons. The van der Waals surface area contributed by atoms with E-state index >= 15 is 0 Å². The number of carbonyl (C=O) groups is 2. The molecule has 2 rings (SSSR count). The maximum Gasteiger partial charge on any atom is 0.375 e. The molecule has 1 heterocycles. The molecule has 0 fully saturated rings. The number of aryl methyl sites for hydroxylation is 1. The number of anilines is 1. The second-order valence-corrected chi connectivity index (χ2v) is 5.07. The molecule has 1 atom stereocenters. The highest BCUT2D eigenvalue weighted by atomic mass is 16.6. The zero-order valence-corrected chi connectivity index (χ0v) is 13.9. The van der Waals surface area contributed by atoms with Crippen molar-refractivity contribution in [1.29, 1.82) is 0 Å². The minimum Gasteiger partial charge on any atom is -0.497 e. The fourth-order valence-electron chi connectivity index (χ4n) is 1.97. The summed E-state index contributed by atoms with van der Waals surface area (Å²) in [5.41, 5.74) is 1.11. The molecule has 0 saturated carbocycles. The number of benzene rings is 1. The van der Waals surface area contributed by atoms with Crippen LogP contribution in [0.5, 0.6) is 11.5 Å². The number of nitrogens with one attached hydrogen (secondary N) is 1. The quantitative estimate of drug-likeness (QED) is 0.818. The highest BCUT2D eigenvalue weighted by molar-refractivity contribution is 5.97. The topological polar surface area (TPSA) is 87.0 Å². The van der Waals surface area contributed by atoms with E-state index in [0.717, 1.165) is 0 Å². The van der Waals surface area contributed by atoms with Gasteiger partial charge in [0.2, 0.25) is 5.76 Å². The Morgan fingerprint density at radius 3 is 2.25 bits per heavy atom. The molecule has 0 bridgehead atoms. The first-order valence-corrected chi connectivity index (χ1v) is 7.23. The van der Waals surface area contributed by atoms with E-state index in [-0.39, 0.29) is 5.76 Å². The van der Waals surface area contributed by atoms with Crippen molar-refractivity contribution in [3.05, 3.63) is 41.9 Å². The summed E-state index contributed by atoms with van der Waals surface area (Å²) in [6.45, 7) is 3.19. The van der Waals surface area contributed by atoms with Crippen LogP contribution in [0.2, 0.25) is 0 Å². The van der Waals surface area contributed by atoms with Crippen molar-refractivity contribution in [3.8, 4) is 11.5 Å². The van der Waals surface area contributed by atoms with Crippen molar-refractivity contribution in [3.63, 3.8) is 0 Å². The largest absolute Gasteiger partial charge is 0.497 e. The van der Waals surface area contributed by atoms with Crippen LogP contribution in [0.25, 0.3) is 0 Å². The van der Waals surface area contributed by atoms with Gasteiger partial charge in [-0.15, -0.1) is 0 Å². The zero-order chi connectivity index (χ0) is 17.7. The number of carbonyl (C=O) groups excluding carboxylic acids is 2. The lowest BCUT2D eigenvalue weighted by molar-refractivity contribution is -0.123. The number of hydrogen-bond donors (Lipinski definition) is 1. The van der Waals surface area contributed by atoms with E-state index < -0.39 is 18.0 Å². The van der Waals surface area contributed by atoms with Crippen molar-refractivity contribution in [2.45, 2.75) is 20.0 Å². The first kappa shape index (κ1) is 17.4. The minimum absolute atomic E-state index is 0.0812. The number of rotatable bonds is 6. The average molecular weight is 333 g/mol. The fourth-order valence-corrected chi connectivity index (χ4v) is 1.97. The monoisotopic (exact) mass is 333 g/mol. The Labute approximate surface area is 139 Å². The van der Waals surface area contributed by atoms with Gasteiger partial charge in [0.1, 0.15) is 11.5 Å². The van der Waals surface area contributed by atoms with E-state index in [4.69, 9.17) is 18.6 Å². The Morgan fingerprint density at radius 2 is 1.75 bits per heavy atom. The van der Waals surface area contributed by atoms with Crippen LogP contribution in [0.4, 0.5) is 5.69 Å². The van der Waals surface area contributed by atoms with E-state index in [1.165, 1.54) is 27.4 Å². The summed E-state index contributed by atoms with van der Waals surface area (Å²) < 4.78 is 20.4. The molecule has 0 aliphatic heterocycles. The predicted molar refractivity (Wildman–Crippen MR) is 86.5 cm³/mol. The standard InChI is InChI=1S/C17H19NO6/c1-10-5-6-23-15(10)17(20)24-11(2)16(19)18-12-7-13(21-3)9-14(8-12)22-4/h5-9,11H,1-4H3,(H,18,19). The summed E-state index contributed by atoms with van der Waals surface area (Å²) in [5, 5.41) is 2.65. The molecular formula is C17H19NO6. The first-order chi connectivity index (χ1) is 11.4. The van der Waals surface area contributed by atoms with Gasteiger partial charge in [0.05, 0.1) is 20.5 Å². The van der Waals surface area contributed by atoms with Crippen molar-refractivity contribution in [2.24, 2.45) is 0 Å². The minimum atomic E-state index is -1.00. The normalized spacial score (nSPS) is 11.5. The van der Waals surface area contributed by atoms with Gasteiger partial charge in [-0.25, -0.2) is 4.79 Å². The number of amides is 1. The van der Waals surface area contributed by atoms with Gasteiger partial charge in [-0.3, -0.25) is 4.79 Å². The van der Waals surface area contributed by atoms with Gasteiger partial charge in [-0.05, 0) is 19.9 Å². The first-order valence-electron chi connectivity index (χ1n) is 7.23. The summed E-state index contributed by atoms with van der Waals surface area (Å²) in [4.78, 5) is 24.2. The fraction of sp³-hybridized carbons (Fsp3) is 0.294. The molecule has 0 saturated heterocycles. The Hall–Kier alpha value is -2.96. The molecular weight excluding hydrogens is 314 g/mol. The molecule has 7 heteroatoms. The van der Waals surface area contributed by atoms with E-state index in [0.29, 0.717) is 22.7 Å². The maximum atomic E-state index is 12.2. The number of furan rings is 1. The van der Waals surface area contributed by atoms with Gasteiger partial charge in [0.15, 0.2) is 6.10 Å². The van der Waals surface area contributed by atoms with Gasteiger partial charge >= 0.3 is 5.97 Å². The highest BCUT2D eigenvalue weighted by Gasteiger charge is 2.22. The van der Waals surface area contributed by atoms with E-state index in [2.05, 4.69) is 5.32 Å². The second-order valence-electron chi connectivity index (χ2n) is 5.07. The molecule has 0 aliphatic rings. The van der Waals surface area contributed by atoms with E-state index in [1.54, 1.807) is 31.2 Å². The van der Waals surface area contributed by atoms with Crippen molar-refractivity contribution < 1.29 is 28.2 Å². The molecule has 0 spiro atoms. The van der Waals surface area contributed by atoms with Gasteiger partial charge in [-0.1, -0.05) is 0 Å². The molecule has 1 N–H and O–H groups in total. The predicted octanol–water partition coefficient (Wildman–Crippen LogP) is 2.79. The molecule has 1 amide bonds. The van der Waals surface area contributed by atoms with Crippen LogP contribution < -0.4 is 14.8 Å². The van der Waals surface area contributed by atoms with Crippen LogP contribution in [-0.4, -0.2) is 32.2 Å². The highest BCUT2D eigenvalue weighted by Crippen LogP contribution is 2.26. The molecule has 7 nitrogen and oxygen atoms in total. The van der Waals surface area contributed by atoms with Crippen LogP contribution in [0.15, 0.2) is 34.9 Å².